The number of carboxylic acids is 1. The summed E-state index contributed by atoms with van der Waals surface area (Å²) in [4.78, 5) is 16.8. The van der Waals surface area contributed by atoms with Crippen LogP contribution < -0.4 is 0 Å². The number of hydrogen-bond acceptors (Lipinski definition) is 6. The highest BCUT2D eigenvalue weighted by Crippen LogP contribution is 2.40. The summed E-state index contributed by atoms with van der Waals surface area (Å²) in [6.07, 6.45) is 1.68. The molecule has 2 aromatic rings. The second-order valence-electron chi connectivity index (χ2n) is 10.7. The Morgan fingerprint density at radius 1 is 0.867 bits per heavy atom. The van der Waals surface area contributed by atoms with Crippen molar-refractivity contribution < 1.29 is 28.8 Å². The van der Waals surface area contributed by atoms with Gasteiger partial charge in [-0.25, -0.2) is 4.79 Å². The molecular formula is C36H45BN2O6. The lowest BCUT2D eigenvalue weighted by molar-refractivity contribution is 0.0697. The smallest absolute Gasteiger partial charge is 0.433 e. The second-order valence-corrected chi connectivity index (χ2v) is 10.7. The minimum absolute atomic E-state index is 0.227. The first-order valence-electron chi connectivity index (χ1n) is 15.4. The minimum atomic E-state index is -0.968. The van der Waals surface area contributed by atoms with Crippen LogP contribution >= 0.6 is 0 Å². The van der Waals surface area contributed by atoms with Gasteiger partial charge in [-0.1, -0.05) is 37.8 Å². The van der Waals surface area contributed by atoms with Gasteiger partial charge in [-0.15, -0.1) is 11.6 Å². The molecule has 9 heteroatoms. The van der Waals surface area contributed by atoms with Crippen molar-refractivity contribution in [2.24, 2.45) is 4.99 Å². The quantitative estimate of drug-likeness (QED) is 0.170. The SMILES string of the molecule is CCC1=C(C)/C(=C(\c2ccc(C(=O)O)cc2)c2c(C)c(CC)c(C)n2B(C#CCOCCOC)C#CCOCCOC)N=C1C. The summed E-state index contributed by atoms with van der Waals surface area (Å²) in [7, 11) is 3.27. The fourth-order valence-electron chi connectivity index (χ4n) is 5.70. The van der Waals surface area contributed by atoms with E-state index in [2.05, 4.69) is 62.6 Å². The molecule has 2 heterocycles. The van der Waals surface area contributed by atoms with Gasteiger partial charge in [0.2, 0.25) is 0 Å². The summed E-state index contributed by atoms with van der Waals surface area (Å²) < 4.78 is 23.7. The molecule has 0 spiro atoms. The van der Waals surface area contributed by atoms with Crippen molar-refractivity contribution in [2.75, 3.05) is 53.9 Å². The molecule has 0 amide bonds. The predicted molar refractivity (Wildman–Crippen MR) is 181 cm³/mol. The van der Waals surface area contributed by atoms with E-state index in [1.54, 1.807) is 26.4 Å². The number of hydrogen-bond donors (Lipinski definition) is 1. The molecule has 1 aromatic heterocycles. The van der Waals surface area contributed by atoms with Crippen LogP contribution in [-0.2, 0) is 25.4 Å². The van der Waals surface area contributed by atoms with E-state index in [0.29, 0.717) is 26.4 Å². The molecule has 1 aliphatic rings. The summed E-state index contributed by atoms with van der Waals surface area (Å²) in [6, 6.07) is 7.02. The summed E-state index contributed by atoms with van der Waals surface area (Å²) in [6.45, 7) is 14.6. The molecule has 238 valence electrons. The Labute approximate surface area is 268 Å². The number of allylic oxidation sites excluding steroid dienone is 2. The highest BCUT2D eigenvalue weighted by molar-refractivity contribution is 6.74. The second kappa shape index (κ2) is 17.6. The minimum Gasteiger partial charge on any atom is -0.478 e. The summed E-state index contributed by atoms with van der Waals surface area (Å²) in [5.41, 5.74) is 10.6. The molecule has 3 rings (SSSR count). The van der Waals surface area contributed by atoms with Gasteiger partial charge in [0.25, 0.3) is 0 Å². The molecule has 0 radical (unpaired) electrons. The van der Waals surface area contributed by atoms with E-state index in [1.807, 2.05) is 19.1 Å². The van der Waals surface area contributed by atoms with Crippen LogP contribution in [0.3, 0.4) is 0 Å². The van der Waals surface area contributed by atoms with Crippen LogP contribution in [0.5, 0.6) is 0 Å². The Kier molecular flexibility index (Phi) is 13.9. The fraction of sp³-hybridized carbons (Fsp3) is 0.444. The van der Waals surface area contributed by atoms with E-state index < -0.39 is 12.8 Å². The van der Waals surface area contributed by atoms with E-state index >= 15 is 0 Å². The highest BCUT2D eigenvalue weighted by atomic mass is 16.5. The monoisotopic (exact) mass is 612 g/mol. The number of aliphatic imine (C=N–C) groups is 1. The molecular weight excluding hydrogens is 567 g/mol. The van der Waals surface area contributed by atoms with E-state index in [9.17, 15) is 9.90 Å². The Bertz CT molecular complexity index is 1550. The van der Waals surface area contributed by atoms with Crippen LogP contribution in [0.2, 0.25) is 0 Å². The van der Waals surface area contributed by atoms with E-state index in [0.717, 1.165) is 57.9 Å². The number of methoxy groups -OCH3 is 2. The van der Waals surface area contributed by atoms with Gasteiger partial charge >= 0.3 is 12.8 Å². The van der Waals surface area contributed by atoms with Gasteiger partial charge in [0.15, 0.2) is 0 Å². The number of nitrogens with zero attached hydrogens (tertiary/aromatic N) is 2. The average Bonchev–Trinajstić information content (AvgIpc) is 3.45. The normalized spacial score (nSPS) is 13.6. The first-order valence-corrected chi connectivity index (χ1v) is 15.4. The molecule has 0 atom stereocenters. The van der Waals surface area contributed by atoms with Crippen molar-refractivity contribution >= 4 is 24.1 Å². The van der Waals surface area contributed by atoms with Crippen molar-refractivity contribution in [1.82, 2.24) is 4.48 Å². The Morgan fingerprint density at radius 3 is 1.89 bits per heavy atom. The Morgan fingerprint density at radius 2 is 1.42 bits per heavy atom. The predicted octanol–water partition coefficient (Wildman–Crippen LogP) is 5.58. The number of aromatic nitrogens is 1. The third-order valence-corrected chi connectivity index (χ3v) is 7.92. The van der Waals surface area contributed by atoms with Crippen molar-refractivity contribution in [3.8, 4) is 23.5 Å². The molecule has 45 heavy (non-hydrogen) atoms. The number of carboxylic acid groups (broad SMARTS) is 1. The zero-order chi connectivity index (χ0) is 32.9. The molecule has 0 aliphatic carbocycles. The first-order chi connectivity index (χ1) is 21.7. The van der Waals surface area contributed by atoms with Gasteiger partial charge in [-0.05, 0) is 80.5 Å². The average molecular weight is 613 g/mol. The van der Waals surface area contributed by atoms with Gasteiger partial charge in [0.1, 0.15) is 13.2 Å². The molecule has 0 unspecified atom stereocenters. The molecule has 8 nitrogen and oxygen atoms in total. The standard InChI is InChI=1S/C36H45BN2O6/c1-9-31-25(3)34(38-27(31)5)33(29-13-15-30(16-14-29)36(40)41)35-26(4)32(10-2)28(6)39(35)37(17-11-19-44-23-21-42-7)18-12-20-45-24-22-43-8/h13-16H,9-10,19-24H2,1-8H3,(H,40,41)/b34-33-. The number of aromatic carboxylic acids is 1. The third kappa shape index (κ3) is 8.66. The number of carbonyl (C=O) groups is 1. The van der Waals surface area contributed by atoms with Crippen LogP contribution in [0.25, 0.3) is 5.57 Å². The molecule has 1 aromatic carbocycles. The zero-order valence-corrected chi connectivity index (χ0v) is 27.9. The molecule has 1 aliphatic heterocycles. The zero-order valence-electron chi connectivity index (χ0n) is 27.9. The Balaban J connectivity index is 2.32. The fourth-order valence-corrected chi connectivity index (χ4v) is 5.70. The summed E-state index contributed by atoms with van der Waals surface area (Å²) in [5, 5.41) is 9.61. The van der Waals surface area contributed by atoms with Crippen molar-refractivity contribution in [1.29, 1.82) is 0 Å². The summed E-state index contributed by atoms with van der Waals surface area (Å²) >= 11 is 0. The van der Waals surface area contributed by atoms with Crippen LogP contribution in [-0.4, -0.2) is 82.0 Å². The highest BCUT2D eigenvalue weighted by Gasteiger charge is 2.30. The van der Waals surface area contributed by atoms with Gasteiger partial charge in [0, 0.05) is 36.9 Å². The molecule has 0 saturated carbocycles. The van der Waals surface area contributed by atoms with Gasteiger partial charge in [-0.2, -0.15) is 0 Å². The number of ether oxygens (including phenoxy) is 4. The van der Waals surface area contributed by atoms with E-state index in [1.165, 1.54) is 11.1 Å². The molecule has 1 N–H and O–H groups in total. The van der Waals surface area contributed by atoms with Gasteiger partial charge in [0.05, 0.1) is 37.7 Å². The van der Waals surface area contributed by atoms with Crippen LogP contribution in [0, 0.1) is 37.3 Å². The van der Waals surface area contributed by atoms with E-state index in [-0.39, 0.29) is 18.8 Å². The first kappa shape index (κ1) is 35.6. The number of benzene rings is 1. The van der Waals surface area contributed by atoms with Crippen LogP contribution in [0.1, 0.15) is 72.6 Å². The van der Waals surface area contributed by atoms with Crippen molar-refractivity contribution in [2.45, 2.75) is 54.4 Å². The Hall–Kier alpha value is -3.86. The summed E-state index contributed by atoms with van der Waals surface area (Å²) in [5.74, 6) is 12.1. The molecule has 0 saturated heterocycles. The van der Waals surface area contributed by atoms with Gasteiger partial charge in [-0.3, -0.25) is 4.99 Å². The topological polar surface area (TPSA) is 91.5 Å². The van der Waals surface area contributed by atoms with Crippen LogP contribution in [0.4, 0.5) is 0 Å². The molecule has 0 fully saturated rings. The van der Waals surface area contributed by atoms with E-state index in [4.69, 9.17) is 23.9 Å². The number of rotatable bonds is 14. The third-order valence-electron chi connectivity index (χ3n) is 7.92. The maximum Gasteiger partial charge on any atom is 0.433 e. The molecule has 0 bridgehead atoms. The maximum absolute atomic E-state index is 11.7. The lowest BCUT2D eigenvalue weighted by Gasteiger charge is -2.19. The van der Waals surface area contributed by atoms with Gasteiger partial charge < -0.3 is 28.5 Å². The van der Waals surface area contributed by atoms with Crippen LogP contribution in [0.15, 0.2) is 46.1 Å². The lowest BCUT2D eigenvalue weighted by atomic mass is 9.63. The van der Waals surface area contributed by atoms with Crippen molar-refractivity contribution in [3.05, 3.63) is 74.8 Å². The lowest BCUT2D eigenvalue weighted by Crippen LogP contribution is -2.26. The van der Waals surface area contributed by atoms with Crippen molar-refractivity contribution in [3.63, 3.8) is 0 Å². The largest absolute Gasteiger partial charge is 0.478 e. The maximum atomic E-state index is 11.7.